The van der Waals surface area contributed by atoms with E-state index in [1.807, 2.05) is 12.1 Å². The highest BCUT2D eigenvalue weighted by atomic mass is 35.5. The number of sulfonamides is 1. The Morgan fingerprint density at radius 3 is 2.43 bits per heavy atom. The topological polar surface area (TPSA) is 131 Å². The fourth-order valence-corrected chi connectivity index (χ4v) is 7.06. The first-order valence-corrected chi connectivity index (χ1v) is 16.2. The second-order valence-corrected chi connectivity index (χ2v) is 13.0. The smallest absolute Gasteiger partial charge is 0.407 e. The molecule has 2 heterocycles. The molecule has 1 aromatic heterocycles. The number of carbonyl (C=O) groups is 1. The second-order valence-electron chi connectivity index (χ2n) is 10.7. The number of rotatable bonds is 11. The van der Waals surface area contributed by atoms with Gasteiger partial charge in [-0.3, -0.25) is 0 Å². The van der Waals surface area contributed by atoms with E-state index in [4.69, 9.17) is 25.8 Å². The number of benzene rings is 3. The number of anilines is 1. The van der Waals surface area contributed by atoms with Crippen molar-refractivity contribution in [3.05, 3.63) is 101 Å². The molecule has 0 radical (unpaired) electrons. The van der Waals surface area contributed by atoms with E-state index in [0.717, 1.165) is 15.9 Å². The van der Waals surface area contributed by atoms with Gasteiger partial charge in [-0.15, -0.1) is 0 Å². The minimum Gasteiger partial charge on any atom is -0.497 e. The number of aromatic nitrogens is 2. The number of methoxy groups -OCH3 is 2. The maximum Gasteiger partial charge on any atom is 0.407 e. The molecule has 47 heavy (non-hydrogen) atoms. The fourth-order valence-electron chi connectivity index (χ4n) is 5.49. The predicted molar refractivity (Wildman–Crippen MR) is 169 cm³/mol. The van der Waals surface area contributed by atoms with Gasteiger partial charge in [0, 0.05) is 54.1 Å². The van der Waals surface area contributed by atoms with Crippen LogP contribution in [0.5, 0.6) is 17.2 Å². The highest BCUT2D eigenvalue weighted by Gasteiger charge is 2.35. The number of halogens is 3. The summed E-state index contributed by atoms with van der Waals surface area (Å²) < 4.78 is 76.5. The van der Waals surface area contributed by atoms with Gasteiger partial charge in [-0.05, 0) is 54.3 Å². The lowest BCUT2D eigenvalue weighted by Gasteiger charge is -2.37. The minimum absolute atomic E-state index is 0.0630. The van der Waals surface area contributed by atoms with Crippen LogP contribution in [0.15, 0.2) is 78.0 Å². The number of amides is 1. The third kappa shape index (κ3) is 7.49. The molecular formula is C32H31ClF2N4O7S. The summed E-state index contributed by atoms with van der Waals surface area (Å²) in [5.41, 5.74) is 1.25. The number of nitrogens with zero attached hydrogens (tertiary/aromatic N) is 4. The van der Waals surface area contributed by atoms with Crippen molar-refractivity contribution in [2.24, 2.45) is 5.92 Å². The van der Waals surface area contributed by atoms with Crippen molar-refractivity contribution in [1.29, 1.82) is 0 Å². The monoisotopic (exact) mass is 688 g/mol. The quantitative estimate of drug-likeness (QED) is 0.202. The van der Waals surface area contributed by atoms with Crippen molar-refractivity contribution in [1.82, 2.24) is 14.9 Å². The number of hydrogen-bond acceptors (Lipinski definition) is 8. The van der Waals surface area contributed by atoms with Crippen LogP contribution in [-0.2, 0) is 16.6 Å². The van der Waals surface area contributed by atoms with Crippen LogP contribution in [-0.4, -0.2) is 68.4 Å². The molecule has 0 aliphatic carbocycles. The van der Waals surface area contributed by atoms with E-state index in [-0.39, 0.29) is 37.3 Å². The summed E-state index contributed by atoms with van der Waals surface area (Å²) in [7, 11) is -2.01. The standard InChI is InChI=1S/C32H31ClF2N4O7S/c1-44-25-9-6-21(27(16-25)45-2)18-39(31-36-11-3-12-37-31)47(42,43)29-15-24(34)14-28(30(29)35)46-19-22-17-38(32(40)41)13-10-26(22)20-4-7-23(33)8-5-20/h3-9,11-12,14-16,22,26H,10,13,17-19H2,1-2H3,(H,40,41)/t22?,26-/m1/s1. The number of ether oxygens (including phenoxy) is 3. The van der Waals surface area contributed by atoms with Gasteiger partial charge in [0.2, 0.25) is 5.95 Å². The van der Waals surface area contributed by atoms with Crippen molar-refractivity contribution >= 4 is 33.7 Å². The van der Waals surface area contributed by atoms with Crippen molar-refractivity contribution in [3.8, 4) is 17.2 Å². The van der Waals surface area contributed by atoms with Gasteiger partial charge in [-0.1, -0.05) is 23.7 Å². The largest absolute Gasteiger partial charge is 0.497 e. The minimum atomic E-state index is -4.86. The van der Waals surface area contributed by atoms with Crippen molar-refractivity contribution in [2.45, 2.75) is 23.8 Å². The van der Waals surface area contributed by atoms with Crippen LogP contribution in [0, 0.1) is 17.6 Å². The van der Waals surface area contributed by atoms with E-state index in [9.17, 15) is 18.3 Å². The first kappa shape index (κ1) is 33.7. The molecule has 1 saturated heterocycles. The summed E-state index contributed by atoms with van der Waals surface area (Å²) in [6.07, 6.45) is 1.96. The summed E-state index contributed by atoms with van der Waals surface area (Å²) in [6, 6.07) is 14.6. The number of piperidine rings is 1. The molecule has 15 heteroatoms. The Labute approximate surface area is 275 Å². The normalized spacial score (nSPS) is 16.4. The lowest BCUT2D eigenvalue weighted by Crippen LogP contribution is -2.44. The number of likely N-dealkylation sites (tertiary alicyclic amines) is 1. The highest BCUT2D eigenvalue weighted by molar-refractivity contribution is 7.92. The summed E-state index contributed by atoms with van der Waals surface area (Å²) >= 11 is 6.05. The number of hydrogen-bond donors (Lipinski definition) is 1. The molecule has 0 saturated carbocycles. The molecule has 1 aliphatic rings. The van der Waals surface area contributed by atoms with Crippen LogP contribution in [0.3, 0.4) is 0 Å². The predicted octanol–water partition coefficient (Wildman–Crippen LogP) is 5.98. The first-order chi connectivity index (χ1) is 22.5. The summed E-state index contributed by atoms with van der Waals surface area (Å²) in [4.78, 5) is 20.1. The third-order valence-corrected chi connectivity index (χ3v) is 9.86. The zero-order chi connectivity index (χ0) is 33.7. The maximum absolute atomic E-state index is 16.1. The maximum atomic E-state index is 16.1. The molecule has 5 rings (SSSR count). The van der Waals surface area contributed by atoms with Crippen LogP contribution in [0.1, 0.15) is 23.5 Å². The molecule has 11 nitrogen and oxygen atoms in total. The van der Waals surface area contributed by atoms with Crippen molar-refractivity contribution in [3.63, 3.8) is 0 Å². The van der Waals surface area contributed by atoms with Gasteiger partial charge in [0.25, 0.3) is 10.0 Å². The molecule has 4 aromatic rings. The summed E-state index contributed by atoms with van der Waals surface area (Å²) in [5.74, 6) is -3.27. The SMILES string of the molecule is COc1ccc(CN(c2ncccn2)S(=O)(=O)c2cc(F)cc(OCC3CN(C(=O)O)CC[C@@H]3c3ccc(Cl)cc3)c2F)c(OC)c1. The van der Waals surface area contributed by atoms with Gasteiger partial charge < -0.3 is 24.2 Å². The van der Waals surface area contributed by atoms with Crippen molar-refractivity contribution in [2.75, 3.05) is 38.2 Å². The molecule has 1 unspecified atom stereocenters. The third-order valence-electron chi connectivity index (χ3n) is 7.88. The Morgan fingerprint density at radius 2 is 1.77 bits per heavy atom. The summed E-state index contributed by atoms with van der Waals surface area (Å²) in [6.45, 7) is -0.299. The molecule has 0 spiro atoms. The van der Waals surface area contributed by atoms with Crippen LogP contribution < -0.4 is 18.5 Å². The van der Waals surface area contributed by atoms with Crippen molar-refractivity contribution < 1.29 is 41.3 Å². The van der Waals surface area contributed by atoms with Crippen LogP contribution in [0.25, 0.3) is 0 Å². The Morgan fingerprint density at radius 1 is 1.04 bits per heavy atom. The molecule has 1 aliphatic heterocycles. The van der Waals surface area contributed by atoms with E-state index in [1.165, 1.54) is 37.6 Å². The van der Waals surface area contributed by atoms with Crippen LogP contribution in [0.4, 0.5) is 19.5 Å². The molecule has 1 N–H and O–H groups in total. The van der Waals surface area contributed by atoms with E-state index in [1.54, 1.807) is 30.3 Å². The van der Waals surface area contributed by atoms with Gasteiger partial charge in [0.05, 0.1) is 27.4 Å². The Kier molecular flexibility index (Phi) is 10.3. The van der Waals surface area contributed by atoms with E-state index >= 15 is 8.78 Å². The van der Waals surface area contributed by atoms with Gasteiger partial charge in [-0.25, -0.2) is 36.3 Å². The first-order valence-electron chi connectivity index (χ1n) is 14.4. The van der Waals surface area contributed by atoms with Gasteiger partial charge in [0.1, 0.15) is 22.2 Å². The Bertz CT molecular complexity index is 1840. The van der Waals surface area contributed by atoms with Gasteiger partial charge in [0.15, 0.2) is 11.6 Å². The van der Waals surface area contributed by atoms with E-state index in [0.29, 0.717) is 28.8 Å². The molecule has 2 atom stereocenters. The average Bonchev–Trinajstić information content (AvgIpc) is 3.07. The Hall–Kier alpha value is -4.69. The lowest BCUT2D eigenvalue weighted by atomic mass is 9.81. The lowest BCUT2D eigenvalue weighted by molar-refractivity contribution is 0.0926. The zero-order valence-electron chi connectivity index (χ0n) is 25.3. The molecule has 1 amide bonds. The Balaban J connectivity index is 1.48. The van der Waals surface area contributed by atoms with Gasteiger partial charge >= 0.3 is 6.09 Å². The zero-order valence-corrected chi connectivity index (χ0v) is 26.9. The van der Waals surface area contributed by atoms with Crippen LogP contribution >= 0.6 is 11.6 Å². The fraction of sp³-hybridized carbons (Fsp3) is 0.281. The van der Waals surface area contributed by atoms with E-state index in [2.05, 4.69) is 9.97 Å². The van der Waals surface area contributed by atoms with Crippen LogP contribution in [0.2, 0.25) is 5.02 Å². The van der Waals surface area contributed by atoms with Gasteiger partial charge in [-0.2, -0.15) is 0 Å². The average molecular weight is 689 g/mol. The summed E-state index contributed by atoms with van der Waals surface area (Å²) in [5, 5.41) is 10.1. The number of carboxylic acid groups (broad SMARTS) is 1. The second kappa shape index (κ2) is 14.4. The van der Waals surface area contributed by atoms with E-state index < -0.39 is 50.9 Å². The molecule has 1 fully saturated rings. The molecule has 3 aromatic carbocycles. The molecule has 248 valence electrons. The molecular weight excluding hydrogens is 658 g/mol. The molecule has 0 bridgehead atoms. The highest BCUT2D eigenvalue weighted by Crippen LogP contribution is 2.36.